The van der Waals surface area contributed by atoms with E-state index >= 15 is 0 Å². The van der Waals surface area contributed by atoms with Crippen molar-refractivity contribution in [2.75, 3.05) is 24.4 Å². The molecule has 0 aromatic heterocycles. The lowest BCUT2D eigenvalue weighted by molar-refractivity contribution is -0.122. The summed E-state index contributed by atoms with van der Waals surface area (Å²) in [6.07, 6.45) is 3.94. The van der Waals surface area contributed by atoms with E-state index in [2.05, 4.69) is 5.32 Å². The molecule has 3 aromatic rings. The van der Waals surface area contributed by atoms with Gasteiger partial charge in [0, 0.05) is 16.9 Å². The van der Waals surface area contributed by atoms with Crippen molar-refractivity contribution in [2.24, 2.45) is 5.92 Å². The van der Waals surface area contributed by atoms with Crippen LogP contribution in [0.15, 0.2) is 72.8 Å². The van der Waals surface area contributed by atoms with Crippen molar-refractivity contribution in [3.05, 3.63) is 89.5 Å². The van der Waals surface area contributed by atoms with Gasteiger partial charge in [0.15, 0.2) is 23.1 Å². The van der Waals surface area contributed by atoms with Gasteiger partial charge in [-0.25, -0.2) is 0 Å². The number of methoxy groups -OCH3 is 2. The lowest BCUT2D eigenvalue weighted by Crippen LogP contribution is -2.51. The highest BCUT2D eigenvalue weighted by atomic mass is 16.5. The molecule has 0 unspecified atom stereocenters. The number of nitrogens with zero attached hydrogens (tertiary/aromatic N) is 1. The molecule has 0 bridgehead atoms. The quantitative estimate of drug-likeness (QED) is 0.534. The molecule has 3 aromatic carbocycles. The van der Waals surface area contributed by atoms with Gasteiger partial charge in [-0.2, -0.15) is 0 Å². The summed E-state index contributed by atoms with van der Waals surface area (Å²) in [4.78, 5) is 44.0. The molecule has 4 atom stereocenters. The van der Waals surface area contributed by atoms with Crippen molar-refractivity contribution < 1.29 is 23.9 Å². The average Bonchev–Trinajstić information content (AvgIpc) is 3.40. The van der Waals surface area contributed by atoms with Gasteiger partial charge in [0.05, 0.1) is 32.2 Å². The minimum absolute atomic E-state index is 0.178. The molecule has 3 aliphatic rings. The maximum absolute atomic E-state index is 14.5. The maximum Gasteiger partial charge on any atom is 0.238 e. The van der Waals surface area contributed by atoms with Crippen LogP contribution >= 0.6 is 0 Å². The highest BCUT2D eigenvalue weighted by Gasteiger charge is 2.69. The van der Waals surface area contributed by atoms with Crippen LogP contribution in [0, 0.1) is 5.92 Å². The summed E-state index contributed by atoms with van der Waals surface area (Å²) in [6.45, 7) is 1.50. The van der Waals surface area contributed by atoms with Gasteiger partial charge in [0.25, 0.3) is 0 Å². The lowest BCUT2D eigenvalue weighted by atomic mass is 9.64. The monoisotopic (exact) mass is 494 g/mol. The minimum atomic E-state index is -1.30. The van der Waals surface area contributed by atoms with Crippen molar-refractivity contribution in [3.8, 4) is 11.5 Å². The first kappa shape index (κ1) is 23.0. The van der Waals surface area contributed by atoms with E-state index in [4.69, 9.17) is 9.47 Å². The van der Waals surface area contributed by atoms with Crippen LogP contribution in [0.5, 0.6) is 11.5 Å². The van der Waals surface area contributed by atoms with E-state index in [1.807, 2.05) is 65.6 Å². The molecule has 0 radical (unpaired) electrons. The maximum atomic E-state index is 14.5. The smallest absolute Gasteiger partial charge is 0.238 e. The van der Waals surface area contributed by atoms with Crippen LogP contribution in [0.2, 0.25) is 0 Å². The highest BCUT2D eigenvalue weighted by molar-refractivity contribution is 6.16. The van der Waals surface area contributed by atoms with E-state index in [9.17, 15) is 14.4 Å². The Morgan fingerprint density at radius 3 is 2.43 bits per heavy atom. The fourth-order valence-corrected chi connectivity index (χ4v) is 6.44. The highest BCUT2D eigenvalue weighted by Crippen LogP contribution is 2.57. The number of benzene rings is 3. The van der Waals surface area contributed by atoms with Crippen LogP contribution in [-0.2, 0) is 15.0 Å². The van der Waals surface area contributed by atoms with Crippen LogP contribution in [0.25, 0.3) is 6.08 Å². The summed E-state index contributed by atoms with van der Waals surface area (Å²) < 4.78 is 10.8. The van der Waals surface area contributed by atoms with Crippen LogP contribution in [0.3, 0.4) is 0 Å². The number of nitrogens with one attached hydrogen (secondary N) is 1. The molecule has 7 nitrogen and oxygen atoms in total. The number of hydrogen-bond donors (Lipinski definition) is 1. The molecule has 3 heterocycles. The molecule has 1 fully saturated rings. The van der Waals surface area contributed by atoms with Gasteiger partial charge in [-0.05, 0) is 48.4 Å². The van der Waals surface area contributed by atoms with Crippen molar-refractivity contribution in [2.45, 2.75) is 24.4 Å². The van der Waals surface area contributed by atoms with E-state index in [-0.39, 0.29) is 17.5 Å². The molecule has 0 saturated carbocycles. The SMILES string of the molecule is COc1ccc(C(=O)[C@@H]2[C@H](C(C)=O)N3c4ccccc4C=C[C@@H]3[C@@]23C(=O)Nc2ccccc23)cc1OC. The summed E-state index contributed by atoms with van der Waals surface area (Å²) in [7, 11) is 3.03. The molecule has 1 N–H and O–H groups in total. The van der Waals surface area contributed by atoms with E-state index in [0.29, 0.717) is 22.7 Å². The lowest BCUT2D eigenvalue weighted by Gasteiger charge is -2.37. The van der Waals surface area contributed by atoms with E-state index in [1.54, 1.807) is 18.2 Å². The number of fused-ring (bicyclic) bond motifs is 6. The fourth-order valence-electron chi connectivity index (χ4n) is 6.44. The number of carbonyl (C=O) groups excluding carboxylic acids is 3. The predicted molar refractivity (Wildman–Crippen MR) is 140 cm³/mol. The third-order valence-electron chi connectivity index (χ3n) is 7.91. The number of amides is 1. The second-order valence-electron chi connectivity index (χ2n) is 9.61. The summed E-state index contributed by atoms with van der Waals surface area (Å²) in [5, 5.41) is 3.02. The van der Waals surface area contributed by atoms with Crippen molar-refractivity contribution in [1.82, 2.24) is 0 Å². The topological polar surface area (TPSA) is 84.9 Å². The van der Waals surface area contributed by atoms with Crippen molar-refractivity contribution in [3.63, 3.8) is 0 Å². The van der Waals surface area contributed by atoms with E-state index in [0.717, 1.165) is 16.8 Å². The molecule has 186 valence electrons. The Balaban J connectivity index is 1.63. The first-order chi connectivity index (χ1) is 17.9. The fraction of sp³-hybridized carbons (Fsp3) is 0.233. The Bertz CT molecular complexity index is 1490. The van der Waals surface area contributed by atoms with Crippen molar-refractivity contribution in [1.29, 1.82) is 0 Å². The van der Waals surface area contributed by atoms with Crippen molar-refractivity contribution >= 4 is 34.9 Å². The Labute approximate surface area is 214 Å². The summed E-state index contributed by atoms with van der Waals surface area (Å²) in [6, 6.07) is 18.8. The van der Waals surface area contributed by atoms with Gasteiger partial charge in [-0.1, -0.05) is 48.6 Å². The summed E-state index contributed by atoms with van der Waals surface area (Å²) in [5.74, 6) is -0.848. The minimum Gasteiger partial charge on any atom is -0.493 e. The second kappa shape index (κ2) is 8.34. The summed E-state index contributed by atoms with van der Waals surface area (Å²) in [5.41, 5.74) is 2.19. The van der Waals surface area contributed by atoms with Crippen LogP contribution in [0.1, 0.15) is 28.4 Å². The molecule has 1 spiro atoms. The zero-order valence-corrected chi connectivity index (χ0v) is 20.7. The number of rotatable bonds is 5. The zero-order valence-electron chi connectivity index (χ0n) is 20.7. The van der Waals surface area contributed by atoms with Gasteiger partial charge in [-0.15, -0.1) is 0 Å². The normalized spacial score (nSPS) is 24.8. The summed E-state index contributed by atoms with van der Waals surface area (Å²) >= 11 is 0. The molecule has 7 heteroatoms. The first-order valence-electron chi connectivity index (χ1n) is 12.2. The number of ether oxygens (including phenoxy) is 2. The van der Waals surface area contributed by atoms with Gasteiger partial charge in [0.2, 0.25) is 5.91 Å². The molecule has 1 saturated heterocycles. The van der Waals surface area contributed by atoms with Gasteiger partial charge in [0.1, 0.15) is 5.41 Å². The van der Waals surface area contributed by atoms with Crippen LogP contribution < -0.4 is 19.7 Å². The molecule has 6 rings (SSSR count). The van der Waals surface area contributed by atoms with E-state index in [1.165, 1.54) is 21.1 Å². The predicted octanol–water partition coefficient (Wildman–Crippen LogP) is 4.27. The zero-order chi connectivity index (χ0) is 25.9. The number of anilines is 2. The Morgan fingerprint density at radius 2 is 1.68 bits per heavy atom. The molecule has 37 heavy (non-hydrogen) atoms. The Hall–Kier alpha value is -4.39. The standard InChI is InChI=1S/C30H26N2O5/c1-17(33)27-26(28(34)19-12-14-23(36-2)24(16-19)37-3)30(20-9-5-6-10-21(20)31-29(30)35)25-15-13-18-8-4-7-11-22(18)32(25)27/h4-16,25-27H,1-3H3,(H,31,35)/t25-,26+,27+,30-/m1/s1. The number of para-hydroxylation sites is 2. The molecule has 3 aliphatic heterocycles. The van der Waals surface area contributed by atoms with Gasteiger partial charge in [-0.3, -0.25) is 14.4 Å². The molecule has 0 aliphatic carbocycles. The molecular weight excluding hydrogens is 468 g/mol. The molecular formula is C30H26N2O5. The van der Waals surface area contributed by atoms with Gasteiger partial charge < -0.3 is 19.7 Å². The van der Waals surface area contributed by atoms with E-state index < -0.39 is 23.4 Å². The third kappa shape index (κ3) is 3.03. The second-order valence-corrected chi connectivity index (χ2v) is 9.61. The molecule has 1 amide bonds. The first-order valence-corrected chi connectivity index (χ1v) is 12.2. The number of carbonyl (C=O) groups is 3. The Kier molecular flexibility index (Phi) is 5.19. The van der Waals surface area contributed by atoms with Gasteiger partial charge >= 0.3 is 0 Å². The number of Topliss-reactive ketones (excluding diaryl/α,β-unsaturated/α-hetero) is 2. The van der Waals surface area contributed by atoms with Crippen LogP contribution in [-0.4, -0.2) is 43.8 Å². The number of hydrogen-bond acceptors (Lipinski definition) is 6. The average molecular weight is 495 g/mol. The number of ketones is 2. The van der Waals surface area contributed by atoms with Crippen LogP contribution in [0.4, 0.5) is 11.4 Å². The largest absolute Gasteiger partial charge is 0.493 e. The Morgan fingerprint density at radius 1 is 0.946 bits per heavy atom. The third-order valence-corrected chi connectivity index (χ3v) is 7.91.